The minimum absolute atomic E-state index is 0.435. The smallest absolute Gasteiger partial charge is 0.161 e. The summed E-state index contributed by atoms with van der Waals surface area (Å²) in [6.45, 7) is 4.35. The maximum absolute atomic E-state index is 13.7. The Morgan fingerprint density at radius 1 is 1.22 bits per heavy atom. The molecule has 4 nitrogen and oxygen atoms in total. The van der Waals surface area contributed by atoms with Crippen LogP contribution in [-0.4, -0.2) is 40.3 Å². The average molecular weight is 370 g/mol. The van der Waals surface area contributed by atoms with Gasteiger partial charge in [-0.2, -0.15) is 0 Å². The molecule has 0 saturated heterocycles. The van der Waals surface area contributed by atoms with Crippen molar-refractivity contribution in [3.63, 3.8) is 0 Å². The number of fused-ring (bicyclic) bond motifs is 4. The summed E-state index contributed by atoms with van der Waals surface area (Å²) >= 11 is 0. The molecular formula is C21H20F2N2O2. The lowest BCUT2D eigenvalue weighted by Gasteiger charge is -2.34. The van der Waals surface area contributed by atoms with E-state index in [1.807, 2.05) is 19.1 Å². The van der Waals surface area contributed by atoms with Crippen molar-refractivity contribution in [2.45, 2.75) is 31.9 Å². The monoisotopic (exact) mass is 370 g/mol. The fourth-order valence-corrected chi connectivity index (χ4v) is 4.38. The lowest BCUT2D eigenvalue weighted by Crippen LogP contribution is -2.35. The Morgan fingerprint density at radius 3 is 2.85 bits per heavy atom. The predicted octanol–water partition coefficient (Wildman–Crippen LogP) is 3.54. The van der Waals surface area contributed by atoms with Crippen molar-refractivity contribution in [1.29, 1.82) is 0 Å². The van der Waals surface area contributed by atoms with Gasteiger partial charge in [-0.1, -0.05) is 6.92 Å². The molecule has 140 valence electrons. The third-order valence-electron chi connectivity index (χ3n) is 5.95. The number of ether oxygens (including phenoxy) is 1. The van der Waals surface area contributed by atoms with E-state index in [2.05, 4.69) is 9.88 Å². The third-order valence-corrected chi connectivity index (χ3v) is 5.95. The highest BCUT2D eigenvalue weighted by Gasteiger charge is 2.38. The van der Waals surface area contributed by atoms with Crippen LogP contribution in [0.2, 0.25) is 0 Å². The van der Waals surface area contributed by atoms with E-state index in [1.54, 1.807) is 0 Å². The zero-order valence-corrected chi connectivity index (χ0v) is 15.1. The molecule has 4 heterocycles. The average Bonchev–Trinajstić information content (AvgIpc) is 2.90. The molecule has 3 aliphatic rings. The molecule has 0 radical (unpaired) electrons. The second-order valence-electron chi connectivity index (χ2n) is 7.55. The third kappa shape index (κ3) is 2.51. The number of pyridine rings is 1. The number of aromatic nitrogens is 1. The van der Waals surface area contributed by atoms with Crippen LogP contribution in [0, 0.1) is 11.6 Å². The molecule has 1 unspecified atom stereocenters. The van der Waals surface area contributed by atoms with Gasteiger partial charge >= 0.3 is 0 Å². The first-order valence-electron chi connectivity index (χ1n) is 9.27. The second kappa shape index (κ2) is 5.84. The van der Waals surface area contributed by atoms with Crippen molar-refractivity contribution >= 4 is 16.6 Å². The normalized spacial score (nSPS) is 24.4. The van der Waals surface area contributed by atoms with Gasteiger partial charge in [0.1, 0.15) is 0 Å². The van der Waals surface area contributed by atoms with Crippen LogP contribution in [0.15, 0.2) is 35.4 Å². The van der Waals surface area contributed by atoms with Crippen molar-refractivity contribution in [1.82, 2.24) is 9.88 Å². The standard InChI is InChI=1S/C21H20F2N2O2/c1-2-21(26)3-4-27-11-14-10-25-9-13-5-12-6-16(22)17(23)8-18(12)24-20(13)19(25)7-15(14)21/h5-8,26H,2-4,9-11H2,1H3. The number of nitrogens with zero attached hydrogens (tertiary/aromatic N) is 2. The highest BCUT2D eigenvalue weighted by molar-refractivity contribution is 5.84. The van der Waals surface area contributed by atoms with Gasteiger partial charge in [0.2, 0.25) is 0 Å². The Hall–Kier alpha value is -2.31. The van der Waals surface area contributed by atoms with E-state index in [-0.39, 0.29) is 0 Å². The van der Waals surface area contributed by atoms with Crippen LogP contribution in [0.3, 0.4) is 0 Å². The first-order chi connectivity index (χ1) is 13.0. The lowest BCUT2D eigenvalue weighted by molar-refractivity contribution is 0.0430. The number of halogens is 2. The van der Waals surface area contributed by atoms with E-state index in [0.29, 0.717) is 50.0 Å². The van der Waals surface area contributed by atoms with Gasteiger partial charge in [0.15, 0.2) is 11.6 Å². The zero-order valence-electron chi connectivity index (χ0n) is 15.1. The quantitative estimate of drug-likeness (QED) is 0.834. The maximum Gasteiger partial charge on any atom is 0.161 e. The fourth-order valence-electron chi connectivity index (χ4n) is 4.38. The van der Waals surface area contributed by atoms with Crippen LogP contribution in [0.25, 0.3) is 16.6 Å². The minimum atomic E-state index is -0.903. The Bertz CT molecular complexity index is 1030. The molecule has 0 fully saturated rings. The molecule has 0 bridgehead atoms. The molecule has 1 atom stereocenters. The lowest BCUT2D eigenvalue weighted by atomic mass is 9.83. The molecule has 0 saturated carbocycles. The summed E-state index contributed by atoms with van der Waals surface area (Å²) in [4.78, 5) is 6.81. The van der Waals surface area contributed by atoms with Gasteiger partial charge in [-0.15, -0.1) is 0 Å². The van der Waals surface area contributed by atoms with Gasteiger partial charge in [0.05, 0.1) is 35.7 Å². The molecular weight excluding hydrogens is 350 g/mol. The van der Waals surface area contributed by atoms with Gasteiger partial charge in [-0.3, -0.25) is 0 Å². The van der Waals surface area contributed by atoms with E-state index in [0.717, 1.165) is 34.2 Å². The van der Waals surface area contributed by atoms with Gasteiger partial charge < -0.3 is 14.7 Å². The number of hydrogen-bond donors (Lipinski definition) is 1. The van der Waals surface area contributed by atoms with Crippen LogP contribution in [0.5, 0.6) is 0 Å². The molecule has 5 rings (SSSR count). The SMILES string of the molecule is CCC1(O)CCOCC2=C1C=C1c3nc4cc(F)c(F)cc4cc3CN1C2. The maximum atomic E-state index is 13.7. The van der Waals surface area contributed by atoms with Crippen LogP contribution in [0.4, 0.5) is 8.78 Å². The Kier molecular flexibility index (Phi) is 3.64. The summed E-state index contributed by atoms with van der Waals surface area (Å²) in [6, 6.07) is 4.22. The van der Waals surface area contributed by atoms with Crippen LogP contribution in [-0.2, 0) is 11.3 Å². The summed E-state index contributed by atoms with van der Waals surface area (Å²) in [5, 5.41) is 11.7. The number of aliphatic hydroxyl groups is 1. The van der Waals surface area contributed by atoms with Crippen molar-refractivity contribution < 1.29 is 18.6 Å². The predicted molar refractivity (Wildman–Crippen MR) is 97.7 cm³/mol. The number of benzene rings is 1. The van der Waals surface area contributed by atoms with E-state index in [1.165, 1.54) is 6.07 Å². The fraction of sp³-hybridized carbons (Fsp3) is 0.381. The first kappa shape index (κ1) is 16.8. The molecule has 1 aromatic carbocycles. The van der Waals surface area contributed by atoms with Crippen LogP contribution >= 0.6 is 0 Å². The van der Waals surface area contributed by atoms with Crippen molar-refractivity contribution in [3.8, 4) is 0 Å². The van der Waals surface area contributed by atoms with Gasteiger partial charge in [-0.05, 0) is 41.3 Å². The summed E-state index contributed by atoms with van der Waals surface area (Å²) < 4.78 is 32.9. The highest BCUT2D eigenvalue weighted by atomic mass is 19.2. The number of rotatable bonds is 1. The summed E-state index contributed by atoms with van der Waals surface area (Å²) in [5.41, 5.74) is 4.25. The Balaban J connectivity index is 1.66. The summed E-state index contributed by atoms with van der Waals surface area (Å²) in [6.07, 6.45) is 3.19. The van der Waals surface area contributed by atoms with E-state index in [4.69, 9.17) is 4.74 Å². The molecule has 1 N–H and O–H groups in total. The van der Waals surface area contributed by atoms with Gasteiger partial charge in [0, 0.05) is 31.0 Å². The van der Waals surface area contributed by atoms with Crippen molar-refractivity contribution in [2.24, 2.45) is 0 Å². The molecule has 6 heteroatoms. The largest absolute Gasteiger partial charge is 0.385 e. The summed E-state index contributed by atoms with van der Waals surface area (Å²) in [7, 11) is 0. The van der Waals surface area contributed by atoms with E-state index >= 15 is 0 Å². The molecule has 27 heavy (non-hydrogen) atoms. The molecule has 0 spiro atoms. The van der Waals surface area contributed by atoms with Crippen molar-refractivity contribution in [2.75, 3.05) is 19.8 Å². The van der Waals surface area contributed by atoms with Gasteiger partial charge in [0.25, 0.3) is 0 Å². The molecule has 2 aromatic rings. The topological polar surface area (TPSA) is 45.6 Å². The first-order valence-corrected chi connectivity index (χ1v) is 9.27. The Labute approximate surface area is 155 Å². The van der Waals surface area contributed by atoms with Crippen LogP contribution in [0.1, 0.15) is 31.0 Å². The molecule has 0 amide bonds. The highest BCUT2D eigenvalue weighted by Crippen LogP contribution is 2.42. The molecule has 1 aromatic heterocycles. The minimum Gasteiger partial charge on any atom is -0.385 e. The molecule has 3 aliphatic heterocycles. The second-order valence-corrected chi connectivity index (χ2v) is 7.55. The Morgan fingerprint density at radius 2 is 2.04 bits per heavy atom. The van der Waals surface area contributed by atoms with E-state index < -0.39 is 17.2 Å². The van der Waals surface area contributed by atoms with Crippen molar-refractivity contribution in [3.05, 3.63) is 58.3 Å². The van der Waals surface area contributed by atoms with Gasteiger partial charge in [-0.25, -0.2) is 13.8 Å². The molecule has 0 aliphatic carbocycles. The number of hydrogen-bond acceptors (Lipinski definition) is 4. The van der Waals surface area contributed by atoms with E-state index in [9.17, 15) is 13.9 Å². The zero-order chi connectivity index (χ0) is 18.8. The van der Waals surface area contributed by atoms with Crippen LogP contribution < -0.4 is 0 Å². The summed E-state index contributed by atoms with van der Waals surface area (Å²) in [5.74, 6) is -1.76.